The van der Waals surface area contributed by atoms with Crippen molar-refractivity contribution in [3.63, 3.8) is 0 Å². The summed E-state index contributed by atoms with van der Waals surface area (Å²) in [4.78, 5) is 12.2. The minimum atomic E-state index is -0.387. The van der Waals surface area contributed by atoms with E-state index in [4.69, 9.17) is 27.9 Å². The zero-order chi connectivity index (χ0) is 18.6. The summed E-state index contributed by atoms with van der Waals surface area (Å²) in [6, 6.07) is 8.49. The molecule has 0 saturated heterocycles. The molecular weight excluding hydrogens is 361 g/mol. The van der Waals surface area contributed by atoms with E-state index in [1.165, 1.54) is 0 Å². The van der Waals surface area contributed by atoms with E-state index in [9.17, 15) is 9.90 Å². The molecule has 0 spiro atoms. The number of nitrogens with one attached hydrogen (secondary N) is 1. The maximum absolute atomic E-state index is 12.2. The van der Waals surface area contributed by atoms with Gasteiger partial charge in [0.15, 0.2) is 6.61 Å². The number of halogens is 2. The maximum Gasteiger partial charge on any atom is 0.262 e. The standard InChI is InChI=1S/C19H21Cl2NO3/c1-4-11(2)13-5-6-17(23)16(8-13)22-18(24)10-25-19-12(3)7-14(20)9-15(19)21/h5-9,11,23H,4,10H2,1-3H3,(H,22,24)/t11-/m1/s1. The van der Waals surface area contributed by atoms with Crippen LogP contribution >= 0.6 is 23.2 Å². The van der Waals surface area contributed by atoms with E-state index in [0.29, 0.717) is 27.4 Å². The molecule has 0 aliphatic rings. The molecule has 0 radical (unpaired) electrons. The summed E-state index contributed by atoms with van der Waals surface area (Å²) in [6.07, 6.45) is 0.968. The Morgan fingerprint density at radius 3 is 2.64 bits per heavy atom. The van der Waals surface area contributed by atoms with Gasteiger partial charge in [-0.1, -0.05) is 43.1 Å². The highest BCUT2D eigenvalue weighted by Gasteiger charge is 2.13. The molecule has 1 atom stereocenters. The van der Waals surface area contributed by atoms with E-state index in [-0.39, 0.29) is 18.3 Å². The summed E-state index contributed by atoms with van der Waals surface area (Å²) >= 11 is 12.0. The van der Waals surface area contributed by atoms with Gasteiger partial charge >= 0.3 is 0 Å². The van der Waals surface area contributed by atoms with Crippen molar-refractivity contribution in [2.45, 2.75) is 33.1 Å². The first kappa shape index (κ1) is 19.4. The van der Waals surface area contributed by atoms with E-state index < -0.39 is 0 Å². The lowest BCUT2D eigenvalue weighted by molar-refractivity contribution is -0.118. The molecule has 4 nitrogen and oxygen atoms in total. The number of anilines is 1. The number of ether oxygens (including phenoxy) is 1. The van der Waals surface area contributed by atoms with Crippen LogP contribution in [0.2, 0.25) is 10.0 Å². The molecule has 2 aromatic rings. The monoisotopic (exact) mass is 381 g/mol. The number of phenolic OH excluding ortho intramolecular Hbond substituents is 1. The van der Waals surface area contributed by atoms with E-state index >= 15 is 0 Å². The highest BCUT2D eigenvalue weighted by molar-refractivity contribution is 6.35. The smallest absolute Gasteiger partial charge is 0.262 e. The molecule has 0 saturated carbocycles. The number of aryl methyl sites for hydroxylation is 1. The van der Waals surface area contributed by atoms with Crippen LogP contribution in [0.3, 0.4) is 0 Å². The molecule has 2 N–H and O–H groups in total. The van der Waals surface area contributed by atoms with Gasteiger partial charge in [0.2, 0.25) is 0 Å². The number of hydrogen-bond donors (Lipinski definition) is 2. The summed E-state index contributed by atoms with van der Waals surface area (Å²) in [5.74, 6) is 0.380. The van der Waals surface area contributed by atoms with Crippen molar-refractivity contribution in [2.75, 3.05) is 11.9 Å². The number of carbonyl (C=O) groups excluding carboxylic acids is 1. The molecule has 1 amide bonds. The van der Waals surface area contributed by atoms with Crippen molar-refractivity contribution < 1.29 is 14.6 Å². The summed E-state index contributed by atoms with van der Waals surface area (Å²) < 4.78 is 5.51. The Labute approximate surface area is 157 Å². The van der Waals surface area contributed by atoms with Gasteiger partial charge in [0.25, 0.3) is 5.91 Å². The lowest BCUT2D eigenvalue weighted by Gasteiger charge is -2.14. The Hall–Kier alpha value is -1.91. The third-order valence-corrected chi connectivity index (χ3v) is 4.52. The highest BCUT2D eigenvalue weighted by Crippen LogP contribution is 2.32. The summed E-state index contributed by atoms with van der Waals surface area (Å²) in [7, 11) is 0. The quantitative estimate of drug-likeness (QED) is 0.645. The fourth-order valence-electron chi connectivity index (χ4n) is 2.39. The first-order valence-corrected chi connectivity index (χ1v) is 8.78. The number of phenols is 1. The Bertz CT molecular complexity index is 754. The van der Waals surface area contributed by atoms with Gasteiger partial charge in [-0.05, 0) is 54.7 Å². The lowest BCUT2D eigenvalue weighted by atomic mass is 9.98. The van der Waals surface area contributed by atoms with Crippen LogP contribution in [0.15, 0.2) is 30.3 Å². The fourth-order valence-corrected chi connectivity index (χ4v) is 3.04. The molecule has 6 heteroatoms. The first-order chi connectivity index (χ1) is 11.8. The average Bonchev–Trinajstić information content (AvgIpc) is 2.55. The van der Waals surface area contributed by atoms with E-state index in [0.717, 1.165) is 17.5 Å². The lowest BCUT2D eigenvalue weighted by Crippen LogP contribution is -2.20. The molecule has 0 unspecified atom stereocenters. The molecule has 2 rings (SSSR count). The Balaban J connectivity index is 2.06. The van der Waals surface area contributed by atoms with Crippen LogP contribution in [0.1, 0.15) is 37.3 Å². The minimum absolute atomic E-state index is 0.0149. The van der Waals surface area contributed by atoms with Gasteiger partial charge in [0.1, 0.15) is 11.5 Å². The molecule has 0 fully saturated rings. The van der Waals surface area contributed by atoms with Crippen molar-refractivity contribution in [3.05, 3.63) is 51.5 Å². The Kier molecular flexibility index (Phi) is 6.57. The fraction of sp³-hybridized carbons (Fsp3) is 0.316. The topological polar surface area (TPSA) is 58.6 Å². The van der Waals surface area contributed by atoms with E-state index in [1.807, 2.05) is 6.07 Å². The second kappa shape index (κ2) is 8.45. The Morgan fingerprint density at radius 1 is 1.28 bits per heavy atom. The SMILES string of the molecule is CC[C@@H](C)c1ccc(O)c(NC(=O)COc2c(C)cc(Cl)cc2Cl)c1. The van der Waals surface area contributed by atoms with Crippen LogP contribution < -0.4 is 10.1 Å². The number of aromatic hydroxyl groups is 1. The number of amides is 1. The van der Waals surface area contributed by atoms with Crippen LogP contribution in [-0.4, -0.2) is 17.6 Å². The van der Waals surface area contributed by atoms with Crippen molar-refractivity contribution in [3.8, 4) is 11.5 Å². The van der Waals surface area contributed by atoms with Gasteiger partial charge in [0.05, 0.1) is 10.7 Å². The second-order valence-electron chi connectivity index (χ2n) is 5.96. The summed E-state index contributed by atoms with van der Waals surface area (Å²) in [6.45, 7) is 5.75. The molecular formula is C19H21Cl2NO3. The van der Waals surface area contributed by atoms with Crippen LogP contribution in [0.4, 0.5) is 5.69 Å². The second-order valence-corrected chi connectivity index (χ2v) is 6.80. The molecule has 134 valence electrons. The van der Waals surface area contributed by atoms with Gasteiger partial charge in [-0.3, -0.25) is 4.79 Å². The van der Waals surface area contributed by atoms with Crippen LogP contribution in [0, 0.1) is 6.92 Å². The zero-order valence-corrected chi connectivity index (χ0v) is 15.9. The summed E-state index contributed by atoms with van der Waals surface area (Å²) in [5, 5.41) is 13.5. The number of carbonyl (C=O) groups is 1. The van der Waals surface area contributed by atoms with Crippen LogP contribution in [0.5, 0.6) is 11.5 Å². The predicted molar refractivity (Wildman–Crippen MR) is 102 cm³/mol. The zero-order valence-electron chi connectivity index (χ0n) is 14.4. The van der Waals surface area contributed by atoms with Crippen molar-refractivity contribution in [2.24, 2.45) is 0 Å². The molecule has 0 bridgehead atoms. The number of benzene rings is 2. The van der Waals surface area contributed by atoms with Gasteiger partial charge in [0, 0.05) is 5.02 Å². The number of rotatable bonds is 6. The van der Waals surface area contributed by atoms with Crippen molar-refractivity contribution in [1.82, 2.24) is 0 Å². The molecule has 0 aliphatic carbocycles. The number of hydrogen-bond acceptors (Lipinski definition) is 3. The largest absolute Gasteiger partial charge is 0.506 e. The van der Waals surface area contributed by atoms with E-state index in [1.54, 1.807) is 31.2 Å². The minimum Gasteiger partial charge on any atom is -0.506 e. The van der Waals surface area contributed by atoms with Crippen LogP contribution in [-0.2, 0) is 4.79 Å². The highest BCUT2D eigenvalue weighted by atomic mass is 35.5. The van der Waals surface area contributed by atoms with Crippen LogP contribution in [0.25, 0.3) is 0 Å². The van der Waals surface area contributed by atoms with E-state index in [2.05, 4.69) is 19.2 Å². The normalized spacial score (nSPS) is 11.9. The average molecular weight is 382 g/mol. The third kappa shape index (κ3) is 5.03. The maximum atomic E-state index is 12.2. The van der Waals surface area contributed by atoms with Crippen molar-refractivity contribution in [1.29, 1.82) is 0 Å². The molecule has 0 aromatic heterocycles. The molecule has 2 aromatic carbocycles. The molecule has 0 aliphatic heterocycles. The van der Waals surface area contributed by atoms with Gasteiger partial charge < -0.3 is 15.2 Å². The van der Waals surface area contributed by atoms with Gasteiger partial charge in [-0.2, -0.15) is 0 Å². The van der Waals surface area contributed by atoms with Gasteiger partial charge in [-0.15, -0.1) is 0 Å². The first-order valence-electron chi connectivity index (χ1n) is 8.03. The van der Waals surface area contributed by atoms with Crippen molar-refractivity contribution >= 4 is 34.8 Å². The molecule has 25 heavy (non-hydrogen) atoms. The summed E-state index contributed by atoms with van der Waals surface area (Å²) in [5.41, 5.74) is 2.16. The predicted octanol–water partition coefficient (Wildman–Crippen LogP) is 5.54. The third-order valence-electron chi connectivity index (χ3n) is 4.02. The molecule has 0 heterocycles. The Morgan fingerprint density at radius 2 is 2.00 bits per heavy atom. The van der Waals surface area contributed by atoms with Gasteiger partial charge in [-0.25, -0.2) is 0 Å².